The molecule has 0 saturated heterocycles. The van der Waals surface area contributed by atoms with Crippen molar-refractivity contribution in [2.75, 3.05) is 0 Å². The third kappa shape index (κ3) is 7.90. The molecule has 0 radical (unpaired) electrons. The van der Waals surface area contributed by atoms with Crippen molar-refractivity contribution in [2.24, 2.45) is 11.5 Å². The van der Waals surface area contributed by atoms with E-state index >= 15 is 0 Å². The second-order valence-corrected chi connectivity index (χ2v) is 5.82. The minimum Gasteiger partial charge on any atom is -0.480 e. The van der Waals surface area contributed by atoms with E-state index in [2.05, 4.69) is 16.0 Å². The summed E-state index contributed by atoms with van der Waals surface area (Å²) in [4.78, 5) is 57.8. The van der Waals surface area contributed by atoms with Crippen LogP contribution in [0.4, 0.5) is 0 Å². The molecule has 0 aliphatic carbocycles. The first-order chi connectivity index (χ1) is 11.9. The van der Waals surface area contributed by atoms with Crippen LogP contribution in [0.25, 0.3) is 0 Å². The molecule has 0 spiro atoms. The largest absolute Gasteiger partial charge is 0.480 e. The van der Waals surface area contributed by atoms with Crippen molar-refractivity contribution in [3.8, 4) is 0 Å². The van der Waals surface area contributed by atoms with E-state index < -0.39 is 66.3 Å². The van der Waals surface area contributed by atoms with Crippen molar-refractivity contribution < 1.29 is 34.2 Å². The maximum atomic E-state index is 12.2. The van der Waals surface area contributed by atoms with Crippen LogP contribution in [0, 0.1) is 0 Å². The molecule has 9 N–H and O–H groups in total. The van der Waals surface area contributed by atoms with E-state index in [0.717, 1.165) is 0 Å². The molecular formula is C14H25N5O7. The molecule has 26 heavy (non-hydrogen) atoms. The van der Waals surface area contributed by atoms with E-state index in [9.17, 15) is 29.1 Å². The van der Waals surface area contributed by atoms with Gasteiger partial charge in [-0.3, -0.25) is 19.2 Å². The number of hydrogen-bond acceptors (Lipinski definition) is 7. The lowest BCUT2D eigenvalue weighted by atomic mass is 10.1. The lowest BCUT2D eigenvalue weighted by Crippen LogP contribution is -2.57. The van der Waals surface area contributed by atoms with Gasteiger partial charge in [0, 0.05) is 0 Å². The van der Waals surface area contributed by atoms with Crippen molar-refractivity contribution in [2.45, 2.75) is 57.5 Å². The molecule has 12 heteroatoms. The molecule has 0 rings (SSSR count). The molecule has 5 unspecified atom stereocenters. The zero-order valence-electron chi connectivity index (χ0n) is 14.7. The first-order valence-corrected chi connectivity index (χ1v) is 7.72. The highest BCUT2D eigenvalue weighted by atomic mass is 16.4. The molecule has 0 aliphatic rings. The number of aliphatic carboxylic acids is 1. The number of nitrogens with two attached hydrogens (primary N) is 2. The lowest BCUT2D eigenvalue weighted by Gasteiger charge is -2.23. The molecule has 0 saturated carbocycles. The number of aliphatic hydroxyl groups is 1. The fourth-order valence-electron chi connectivity index (χ4n) is 1.76. The van der Waals surface area contributed by atoms with Crippen LogP contribution in [0.15, 0.2) is 0 Å². The highest BCUT2D eigenvalue weighted by Crippen LogP contribution is 1.98. The highest BCUT2D eigenvalue weighted by Gasteiger charge is 2.30. The molecule has 4 amide bonds. The molecule has 5 atom stereocenters. The van der Waals surface area contributed by atoms with Crippen molar-refractivity contribution in [1.29, 1.82) is 0 Å². The Bertz CT molecular complexity index is 564. The quantitative estimate of drug-likeness (QED) is 0.200. The van der Waals surface area contributed by atoms with Crippen LogP contribution < -0.4 is 27.4 Å². The number of primary amides is 1. The summed E-state index contributed by atoms with van der Waals surface area (Å²) in [6.45, 7) is 3.80. The van der Waals surface area contributed by atoms with Crippen LogP contribution in [0.3, 0.4) is 0 Å². The van der Waals surface area contributed by atoms with Crippen LogP contribution in [-0.4, -0.2) is 70.1 Å². The van der Waals surface area contributed by atoms with Crippen molar-refractivity contribution >= 4 is 29.6 Å². The second kappa shape index (κ2) is 10.3. The SMILES string of the molecule is CC(N)C(=O)NC(CC(N)=O)C(=O)NC(C)C(=O)NC(C(=O)O)C(C)O. The van der Waals surface area contributed by atoms with E-state index in [4.69, 9.17) is 16.6 Å². The Morgan fingerprint density at radius 2 is 1.46 bits per heavy atom. The fourth-order valence-corrected chi connectivity index (χ4v) is 1.76. The number of carboxylic acid groups (broad SMARTS) is 1. The lowest BCUT2D eigenvalue weighted by molar-refractivity contribution is -0.145. The summed E-state index contributed by atoms with van der Waals surface area (Å²) >= 11 is 0. The summed E-state index contributed by atoms with van der Waals surface area (Å²) in [7, 11) is 0. The van der Waals surface area contributed by atoms with Gasteiger partial charge in [-0.05, 0) is 20.8 Å². The Morgan fingerprint density at radius 1 is 0.923 bits per heavy atom. The highest BCUT2D eigenvalue weighted by molar-refractivity contribution is 5.95. The van der Waals surface area contributed by atoms with Crippen LogP contribution >= 0.6 is 0 Å². The van der Waals surface area contributed by atoms with Gasteiger partial charge in [-0.25, -0.2) is 4.79 Å². The fraction of sp³-hybridized carbons (Fsp3) is 0.643. The van der Waals surface area contributed by atoms with E-state index in [-0.39, 0.29) is 0 Å². The van der Waals surface area contributed by atoms with Gasteiger partial charge in [0.05, 0.1) is 18.6 Å². The summed E-state index contributed by atoms with van der Waals surface area (Å²) < 4.78 is 0. The molecule has 0 aromatic carbocycles. The van der Waals surface area contributed by atoms with Gasteiger partial charge in [-0.1, -0.05) is 0 Å². The number of aliphatic hydroxyl groups excluding tert-OH is 1. The number of carbonyl (C=O) groups is 5. The minimum atomic E-state index is -1.57. The normalized spacial score (nSPS) is 16.3. The Morgan fingerprint density at radius 3 is 1.85 bits per heavy atom. The Balaban J connectivity index is 4.99. The van der Waals surface area contributed by atoms with Gasteiger partial charge in [0.25, 0.3) is 0 Å². The first kappa shape index (κ1) is 23.3. The molecule has 12 nitrogen and oxygen atoms in total. The Kier molecular flexibility index (Phi) is 9.22. The summed E-state index contributed by atoms with van der Waals surface area (Å²) in [5, 5.41) is 24.8. The summed E-state index contributed by atoms with van der Waals surface area (Å²) in [6.07, 6.45) is -1.89. The average molecular weight is 375 g/mol. The molecule has 0 aliphatic heterocycles. The molecule has 0 bridgehead atoms. The maximum Gasteiger partial charge on any atom is 0.328 e. The van der Waals surface area contributed by atoms with E-state index in [1.165, 1.54) is 20.8 Å². The molecule has 148 valence electrons. The molecular weight excluding hydrogens is 350 g/mol. The maximum absolute atomic E-state index is 12.2. The van der Waals surface area contributed by atoms with Crippen LogP contribution in [0.5, 0.6) is 0 Å². The first-order valence-electron chi connectivity index (χ1n) is 7.72. The number of carbonyl (C=O) groups excluding carboxylic acids is 4. The van der Waals surface area contributed by atoms with Crippen LogP contribution in [-0.2, 0) is 24.0 Å². The zero-order valence-corrected chi connectivity index (χ0v) is 14.7. The van der Waals surface area contributed by atoms with Gasteiger partial charge in [-0.15, -0.1) is 0 Å². The number of amides is 4. The smallest absolute Gasteiger partial charge is 0.328 e. The minimum absolute atomic E-state index is 0.524. The van der Waals surface area contributed by atoms with E-state index in [1.54, 1.807) is 0 Å². The van der Waals surface area contributed by atoms with Crippen LogP contribution in [0.1, 0.15) is 27.2 Å². The summed E-state index contributed by atoms with van der Waals surface area (Å²) in [6, 6.07) is -5.08. The molecule has 0 fully saturated rings. The average Bonchev–Trinajstić information content (AvgIpc) is 2.49. The number of rotatable bonds is 10. The van der Waals surface area contributed by atoms with Crippen molar-refractivity contribution in [3.63, 3.8) is 0 Å². The van der Waals surface area contributed by atoms with Gasteiger partial charge < -0.3 is 37.6 Å². The van der Waals surface area contributed by atoms with Gasteiger partial charge in [0.1, 0.15) is 12.1 Å². The Hall–Kier alpha value is -2.73. The van der Waals surface area contributed by atoms with Gasteiger partial charge in [-0.2, -0.15) is 0 Å². The van der Waals surface area contributed by atoms with Gasteiger partial charge in [0.2, 0.25) is 23.6 Å². The second-order valence-electron chi connectivity index (χ2n) is 5.82. The number of carboxylic acids is 1. The zero-order chi connectivity index (χ0) is 20.6. The molecule has 0 aromatic heterocycles. The predicted octanol–water partition coefficient (Wildman–Crippen LogP) is -3.85. The van der Waals surface area contributed by atoms with E-state index in [0.29, 0.717) is 0 Å². The van der Waals surface area contributed by atoms with Crippen molar-refractivity contribution in [3.05, 3.63) is 0 Å². The predicted molar refractivity (Wildman–Crippen MR) is 88.2 cm³/mol. The van der Waals surface area contributed by atoms with Crippen LogP contribution in [0.2, 0.25) is 0 Å². The number of hydrogen-bond donors (Lipinski definition) is 7. The third-order valence-electron chi connectivity index (χ3n) is 3.25. The van der Waals surface area contributed by atoms with Gasteiger partial charge in [0.15, 0.2) is 6.04 Å². The number of nitrogens with one attached hydrogen (secondary N) is 3. The summed E-state index contributed by atoms with van der Waals surface area (Å²) in [5.74, 6) is -4.80. The molecule has 0 heterocycles. The topological polar surface area (TPSA) is 214 Å². The molecule has 0 aromatic rings. The summed E-state index contributed by atoms with van der Waals surface area (Å²) in [5.41, 5.74) is 10.4. The Labute approximate surface area is 149 Å². The third-order valence-corrected chi connectivity index (χ3v) is 3.25. The standard InChI is InChI=1S/C14H25N5O7/c1-5(15)11(22)18-8(4-9(16)21)13(24)17-6(2)12(23)19-10(7(3)20)14(25)26/h5-8,10,20H,4,15H2,1-3H3,(H2,16,21)(H,17,24)(H,18,22)(H,19,23)(H,25,26). The van der Waals surface area contributed by atoms with Crippen molar-refractivity contribution in [1.82, 2.24) is 16.0 Å². The monoisotopic (exact) mass is 375 g/mol. The van der Waals surface area contributed by atoms with E-state index in [1.807, 2.05) is 0 Å². The van der Waals surface area contributed by atoms with Gasteiger partial charge >= 0.3 is 5.97 Å².